The zero-order valence-corrected chi connectivity index (χ0v) is 8.99. The second kappa shape index (κ2) is 6.39. The molecule has 0 aliphatic carbocycles. The van der Waals surface area contributed by atoms with Crippen LogP contribution in [0.1, 0.15) is 18.9 Å². The van der Waals surface area contributed by atoms with Crippen LogP contribution >= 0.6 is 0 Å². The van der Waals surface area contributed by atoms with Crippen molar-refractivity contribution in [3.63, 3.8) is 0 Å². The highest BCUT2D eigenvalue weighted by Gasteiger charge is 1.92. The summed E-state index contributed by atoms with van der Waals surface area (Å²) in [5.41, 5.74) is 2.78. The molecule has 0 aliphatic heterocycles. The van der Waals surface area contributed by atoms with Crippen molar-refractivity contribution in [1.29, 1.82) is 0 Å². The molecular formula is C13H18O. The van der Waals surface area contributed by atoms with E-state index in [1.165, 1.54) is 11.1 Å². The van der Waals surface area contributed by atoms with Gasteiger partial charge in [-0.1, -0.05) is 42.0 Å². The molecule has 0 aliphatic rings. The van der Waals surface area contributed by atoms with Crippen molar-refractivity contribution >= 4 is 0 Å². The summed E-state index contributed by atoms with van der Waals surface area (Å²) in [6, 6.07) is 10.5. The van der Waals surface area contributed by atoms with E-state index in [1.54, 1.807) is 7.11 Å². The number of benzene rings is 1. The Balaban J connectivity index is 2.40. The highest BCUT2D eigenvalue weighted by Crippen LogP contribution is 2.07. The smallest absolute Gasteiger partial charge is 0.0496 e. The van der Waals surface area contributed by atoms with Gasteiger partial charge in [0.15, 0.2) is 0 Å². The molecular weight excluding hydrogens is 172 g/mol. The third-order valence-electron chi connectivity index (χ3n) is 2.14. The van der Waals surface area contributed by atoms with Crippen molar-refractivity contribution in [2.75, 3.05) is 13.7 Å². The van der Waals surface area contributed by atoms with Gasteiger partial charge in [0.1, 0.15) is 0 Å². The van der Waals surface area contributed by atoms with Crippen molar-refractivity contribution in [3.8, 4) is 0 Å². The van der Waals surface area contributed by atoms with Crippen LogP contribution in [0.15, 0.2) is 42.0 Å². The summed E-state index contributed by atoms with van der Waals surface area (Å²) >= 11 is 0. The molecule has 0 bridgehead atoms. The van der Waals surface area contributed by atoms with Crippen LogP contribution in [0.3, 0.4) is 0 Å². The van der Waals surface area contributed by atoms with E-state index in [9.17, 15) is 0 Å². The first kappa shape index (κ1) is 11.0. The van der Waals surface area contributed by atoms with Gasteiger partial charge in [-0.2, -0.15) is 0 Å². The van der Waals surface area contributed by atoms with E-state index in [2.05, 4.69) is 37.3 Å². The van der Waals surface area contributed by atoms with Crippen LogP contribution in [0.5, 0.6) is 0 Å². The van der Waals surface area contributed by atoms with E-state index < -0.39 is 0 Å². The molecule has 0 radical (unpaired) electrons. The minimum absolute atomic E-state index is 0.812. The maximum absolute atomic E-state index is 5.00. The van der Waals surface area contributed by atoms with Gasteiger partial charge in [-0.3, -0.25) is 0 Å². The van der Waals surface area contributed by atoms with Crippen LogP contribution in [0.25, 0.3) is 0 Å². The molecule has 14 heavy (non-hydrogen) atoms. The predicted octanol–water partition coefficient (Wildman–Crippen LogP) is 3.21. The van der Waals surface area contributed by atoms with Gasteiger partial charge in [0.25, 0.3) is 0 Å². The van der Waals surface area contributed by atoms with Crippen molar-refractivity contribution in [2.24, 2.45) is 0 Å². The largest absolute Gasteiger partial charge is 0.384 e. The predicted molar refractivity (Wildman–Crippen MR) is 60.4 cm³/mol. The molecule has 0 aromatic heterocycles. The van der Waals surface area contributed by atoms with Gasteiger partial charge in [0, 0.05) is 13.7 Å². The molecule has 0 saturated heterocycles. The quantitative estimate of drug-likeness (QED) is 0.511. The van der Waals surface area contributed by atoms with Crippen molar-refractivity contribution in [2.45, 2.75) is 19.8 Å². The van der Waals surface area contributed by atoms with Crippen LogP contribution in [0.4, 0.5) is 0 Å². The molecule has 1 aromatic rings. The lowest BCUT2D eigenvalue weighted by molar-refractivity contribution is 0.204. The third-order valence-corrected chi connectivity index (χ3v) is 2.14. The van der Waals surface area contributed by atoms with Crippen LogP contribution in [-0.2, 0) is 11.2 Å². The average Bonchev–Trinajstić information content (AvgIpc) is 2.20. The normalized spacial score (nSPS) is 11.7. The number of rotatable bonds is 5. The first-order chi connectivity index (χ1) is 6.83. The molecule has 0 saturated carbocycles. The van der Waals surface area contributed by atoms with Gasteiger partial charge in [0.05, 0.1) is 0 Å². The maximum atomic E-state index is 5.00. The standard InChI is InChI=1S/C13H18O/c1-12(7-6-10-14-2)11-13-8-4-3-5-9-13/h3-5,7-9H,6,10-11H2,1-2H3/b12-7+. The molecule has 0 N–H and O–H groups in total. The highest BCUT2D eigenvalue weighted by atomic mass is 16.5. The molecule has 0 spiro atoms. The molecule has 0 heterocycles. The van der Waals surface area contributed by atoms with Gasteiger partial charge in [-0.05, 0) is 25.3 Å². The summed E-state index contributed by atoms with van der Waals surface area (Å²) in [5.74, 6) is 0. The Morgan fingerprint density at radius 3 is 2.64 bits per heavy atom. The number of ether oxygens (including phenoxy) is 1. The van der Waals surface area contributed by atoms with Crippen LogP contribution in [0.2, 0.25) is 0 Å². The number of hydrogen-bond donors (Lipinski definition) is 0. The second-order valence-corrected chi connectivity index (χ2v) is 3.49. The Morgan fingerprint density at radius 2 is 2.00 bits per heavy atom. The van der Waals surface area contributed by atoms with E-state index >= 15 is 0 Å². The number of allylic oxidation sites excluding steroid dienone is 1. The molecule has 0 amide bonds. The van der Waals surface area contributed by atoms with Crippen molar-refractivity contribution in [1.82, 2.24) is 0 Å². The summed E-state index contributed by atoms with van der Waals surface area (Å²) < 4.78 is 5.00. The van der Waals surface area contributed by atoms with E-state index in [4.69, 9.17) is 4.74 Å². The third kappa shape index (κ3) is 4.24. The fourth-order valence-electron chi connectivity index (χ4n) is 1.41. The lowest BCUT2D eigenvalue weighted by Crippen LogP contribution is -1.89. The van der Waals surface area contributed by atoms with Crippen molar-refractivity contribution in [3.05, 3.63) is 47.5 Å². The van der Waals surface area contributed by atoms with Gasteiger partial charge in [-0.15, -0.1) is 0 Å². The van der Waals surface area contributed by atoms with E-state index in [-0.39, 0.29) is 0 Å². The van der Waals surface area contributed by atoms with Crippen LogP contribution < -0.4 is 0 Å². The molecule has 76 valence electrons. The number of methoxy groups -OCH3 is 1. The zero-order valence-electron chi connectivity index (χ0n) is 8.99. The summed E-state index contributed by atoms with van der Waals surface area (Å²) in [6.07, 6.45) is 4.30. The summed E-state index contributed by atoms with van der Waals surface area (Å²) in [7, 11) is 1.74. The van der Waals surface area contributed by atoms with Crippen LogP contribution in [-0.4, -0.2) is 13.7 Å². The second-order valence-electron chi connectivity index (χ2n) is 3.49. The topological polar surface area (TPSA) is 9.23 Å². The molecule has 1 heteroatoms. The summed E-state index contributed by atoms with van der Waals surface area (Å²) in [6.45, 7) is 2.98. The first-order valence-corrected chi connectivity index (χ1v) is 5.01. The minimum atomic E-state index is 0.812. The minimum Gasteiger partial charge on any atom is -0.384 e. The van der Waals surface area contributed by atoms with Gasteiger partial charge >= 0.3 is 0 Å². The highest BCUT2D eigenvalue weighted by molar-refractivity contribution is 5.20. The zero-order chi connectivity index (χ0) is 10.2. The fourth-order valence-corrected chi connectivity index (χ4v) is 1.41. The SMILES string of the molecule is COCC/C=C(\C)Cc1ccccc1. The van der Waals surface area contributed by atoms with Crippen LogP contribution in [0, 0.1) is 0 Å². The molecule has 0 fully saturated rings. The van der Waals surface area contributed by atoms with E-state index in [0.717, 1.165) is 19.4 Å². The monoisotopic (exact) mass is 190 g/mol. The molecule has 0 atom stereocenters. The Hall–Kier alpha value is -1.08. The molecule has 1 aromatic carbocycles. The van der Waals surface area contributed by atoms with Gasteiger partial charge in [-0.25, -0.2) is 0 Å². The lowest BCUT2D eigenvalue weighted by Gasteiger charge is -2.01. The number of hydrogen-bond acceptors (Lipinski definition) is 1. The Labute approximate surface area is 86.4 Å². The Bertz CT molecular complexity index is 275. The summed E-state index contributed by atoms with van der Waals surface area (Å²) in [5, 5.41) is 0. The Morgan fingerprint density at radius 1 is 1.29 bits per heavy atom. The van der Waals surface area contributed by atoms with E-state index in [0.29, 0.717) is 0 Å². The first-order valence-electron chi connectivity index (χ1n) is 5.01. The Kier molecular flexibility index (Phi) is 5.02. The molecule has 1 rings (SSSR count). The molecule has 1 nitrogen and oxygen atoms in total. The lowest BCUT2D eigenvalue weighted by atomic mass is 10.1. The average molecular weight is 190 g/mol. The molecule has 0 unspecified atom stereocenters. The van der Waals surface area contributed by atoms with Gasteiger partial charge < -0.3 is 4.74 Å². The van der Waals surface area contributed by atoms with Crippen molar-refractivity contribution < 1.29 is 4.74 Å². The summed E-state index contributed by atoms with van der Waals surface area (Å²) in [4.78, 5) is 0. The van der Waals surface area contributed by atoms with E-state index in [1.807, 2.05) is 6.07 Å². The van der Waals surface area contributed by atoms with Gasteiger partial charge in [0.2, 0.25) is 0 Å². The fraction of sp³-hybridized carbons (Fsp3) is 0.385. The maximum Gasteiger partial charge on any atom is 0.0496 e.